The normalized spacial score (nSPS) is 31.2. The van der Waals surface area contributed by atoms with E-state index >= 15 is 0 Å². The molecule has 1 aliphatic heterocycles. The summed E-state index contributed by atoms with van der Waals surface area (Å²) in [5.41, 5.74) is 0. The van der Waals surface area contributed by atoms with Gasteiger partial charge in [-0.2, -0.15) is 0 Å². The van der Waals surface area contributed by atoms with Crippen molar-refractivity contribution in [1.29, 1.82) is 0 Å². The molecule has 1 fully saturated rings. The van der Waals surface area contributed by atoms with Crippen LogP contribution in [0.1, 0.15) is 19.8 Å². The fraction of sp³-hybridized carbons (Fsp3) is 0.714. The van der Waals surface area contributed by atoms with E-state index in [4.69, 9.17) is 5.11 Å². The van der Waals surface area contributed by atoms with Crippen LogP contribution in [0.4, 0.5) is 0 Å². The highest BCUT2D eigenvalue weighted by atomic mass is 16.4. The largest absolute Gasteiger partial charge is 0.481 e. The van der Waals surface area contributed by atoms with Gasteiger partial charge in [-0.05, 0) is 13.3 Å². The highest BCUT2D eigenvalue weighted by molar-refractivity contribution is 5.83. The number of carbonyl (C=O) groups is 2. The lowest BCUT2D eigenvalue weighted by atomic mass is 9.93. The predicted molar refractivity (Wildman–Crippen MR) is 38.0 cm³/mol. The predicted octanol–water partition coefficient (Wildman–Crippen LogP) is -0.0143. The summed E-state index contributed by atoms with van der Waals surface area (Å²) < 4.78 is 0. The van der Waals surface area contributed by atoms with Crippen LogP contribution in [0.5, 0.6) is 0 Å². The number of rotatable bonds is 1. The molecule has 2 atom stereocenters. The number of amides is 1. The number of nitrogens with one attached hydrogen (secondary N) is 1. The van der Waals surface area contributed by atoms with E-state index < -0.39 is 11.9 Å². The summed E-state index contributed by atoms with van der Waals surface area (Å²) in [4.78, 5) is 21.3. The molecule has 11 heavy (non-hydrogen) atoms. The lowest BCUT2D eigenvalue weighted by Crippen LogP contribution is -2.42. The van der Waals surface area contributed by atoms with Gasteiger partial charge in [0.1, 0.15) is 0 Å². The van der Waals surface area contributed by atoms with Crippen LogP contribution in [0.3, 0.4) is 0 Å². The Morgan fingerprint density at radius 3 is 2.82 bits per heavy atom. The van der Waals surface area contributed by atoms with Crippen molar-refractivity contribution >= 4 is 11.9 Å². The number of piperidine rings is 1. The molecule has 62 valence electrons. The molecule has 1 heterocycles. The summed E-state index contributed by atoms with van der Waals surface area (Å²) in [6, 6.07) is -0.00245. The van der Waals surface area contributed by atoms with Gasteiger partial charge in [0, 0.05) is 12.5 Å². The molecular weight excluding hydrogens is 146 g/mol. The quantitative estimate of drug-likeness (QED) is 0.562. The van der Waals surface area contributed by atoms with Crippen LogP contribution < -0.4 is 5.32 Å². The first-order valence-corrected chi connectivity index (χ1v) is 3.61. The number of aliphatic carboxylic acids is 1. The van der Waals surface area contributed by atoms with Gasteiger partial charge in [-0.3, -0.25) is 9.59 Å². The molecule has 0 aromatic carbocycles. The van der Waals surface area contributed by atoms with E-state index in [0.29, 0.717) is 6.42 Å². The van der Waals surface area contributed by atoms with Crippen LogP contribution in [0.15, 0.2) is 0 Å². The lowest BCUT2D eigenvalue weighted by molar-refractivity contribution is -0.146. The molecule has 2 N–H and O–H groups in total. The third-order valence-corrected chi connectivity index (χ3v) is 1.83. The van der Waals surface area contributed by atoms with E-state index in [1.807, 2.05) is 6.92 Å². The molecule has 0 spiro atoms. The van der Waals surface area contributed by atoms with Crippen molar-refractivity contribution in [2.75, 3.05) is 0 Å². The fourth-order valence-corrected chi connectivity index (χ4v) is 1.31. The molecule has 0 bridgehead atoms. The highest BCUT2D eigenvalue weighted by Gasteiger charge is 2.28. The van der Waals surface area contributed by atoms with E-state index in [1.54, 1.807) is 0 Å². The third-order valence-electron chi connectivity index (χ3n) is 1.83. The van der Waals surface area contributed by atoms with Crippen LogP contribution in [0.25, 0.3) is 0 Å². The van der Waals surface area contributed by atoms with Gasteiger partial charge in [-0.25, -0.2) is 0 Å². The summed E-state index contributed by atoms with van der Waals surface area (Å²) in [6.07, 6.45) is 0.667. The van der Waals surface area contributed by atoms with Gasteiger partial charge in [0.05, 0.1) is 5.92 Å². The van der Waals surface area contributed by atoms with Crippen molar-refractivity contribution in [2.24, 2.45) is 5.92 Å². The number of carboxylic acids is 1. The maximum absolute atomic E-state index is 10.8. The molecule has 1 amide bonds. The van der Waals surface area contributed by atoms with Gasteiger partial charge in [-0.15, -0.1) is 0 Å². The van der Waals surface area contributed by atoms with Crippen molar-refractivity contribution in [2.45, 2.75) is 25.8 Å². The number of hydrogen-bond acceptors (Lipinski definition) is 2. The minimum Gasteiger partial charge on any atom is -0.481 e. The minimum atomic E-state index is -0.869. The summed E-state index contributed by atoms with van der Waals surface area (Å²) in [6.45, 7) is 1.81. The number of carbonyl (C=O) groups excluding carboxylic acids is 1. The van der Waals surface area contributed by atoms with Crippen LogP contribution in [-0.4, -0.2) is 23.0 Å². The van der Waals surface area contributed by atoms with Crippen molar-refractivity contribution < 1.29 is 14.7 Å². The number of carboxylic acid groups (broad SMARTS) is 1. The first-order chi connectivity index (χ1) is 5.09. The summed E-state index contributed by atoms with van der Waals surface area (Å²) in [7, 11) is 0. The average molecular weight is 157 g/mol. The SMILES string of the molecule is C[C@@H]1C[C@H](C(=O)O)CC(=O)N1. The molecule has 0 unspecified atom stereocenters. The van der Waals surface area contributed by atoms with Crippen LogP contribution in [0, 0.1) is 5.92 Å². The van der Waals surface area contributed by atoms with Gasteiger partial charge in [0.25, 0.3) is 0 Å². The Morgan fingerprint density at radius 2 is 2.36 bits per heavy atom. The summed E-state index contributed by atoms with van der Waals surface area (Å²) >= 11 is 0. The topological polar surface area (TPSA) is 66.4 Å². The Kier molecular flexibility index (Phi) is 2.12. The Balaban J connectivity index is 2.56. The third kappa shape index (κ3) is 1.93. The lowest BCUT2D eigenvalue weighted by Gasteiger charge is -2.24. The van der Waals surface area contributed by atoms with Gasteiger partial charge < -0.3 is 10.4 Å². The van der Waals surface area contributed by atoms with Crippen molar-refractivity contribution in [3.63, 3.8) is 0 Å². The molecule has 0 aromatic rings. The van der Waals surface area contributed by atoms with Crippen molar-refractivity contribution in [1.82, 2.24) is 5.32 Å². The minimum absolute atomic E-state index is 0.00245. The second kappa shape index (κ2) is 2.90. The maximum Gasteiger partial charge on any atom is 0.307 e. The molecule has 1 rings (SSSR count). The molecule has 0 aromatic heterocycles. The Bertz CT molecular complexity index is 190. The standard InChI is InChI=1S/C7H11NO3/c1-4-2-5(7(10)11)3-6(9)8-4/h4-5H,2-3H2,1H3,(H,8,9)(H,10,11)/t4-,5+/m1/s1. The second-order valence-corrected chi connectivity index (χ2v) is 2.94. The highest BCUT2D eigenvalue weighted by Crippen LogP contribution is 2.16. The van der Waals surface area contributed by atoms with E-state index in [1.165, 1.54) is 0 Å². The van der Waals surface area contributed by atoms with Gasteiger partial charge >= 0.3 is 5.97 Å². The van der Waals surface area contributed by atoms with Crippen molar-refractivity contribution in [3.05, 3.63) is 0 Å². The fourth-order valence-electron chi connectivity index (χ4n) is 1.31. The van der Waals surface area contributed by atoms with E-state index in [0.717, 1.165) is 0 Å². The Labute approximate surface area is 64.6 Å². The molecule has 0 aliphatic carbocycles. The van der Waals surface area contributed by atoms with Gasteiger partial charge in [0.2, 0.25) is 5.91 Å². The van der Waals surface area contributed by atoms with Gasteiger partial charge in [0.15, 0.2) is 0 Å². The van der Waals surface area contributed by atoms with Crippen molar-refractivity contribution in [3.8, 4) is 0 Å². The molecule has 0 saturated carbocycles. The Morgan fingerprint density at radius 1 is 1.73 bits per heavy atom. The van der Waals surface area contributed by atoms with E-state index in [9.17, 15) is 9.59 Å². The molecular formula is C7H11NO3. The smallest absolute Gasteiger partial charge is 0.307 e. The summed E-state index contributed by atoms with van der Waals surface area (Å²) in [5.74, 6) is -1.51. The first kappa shape index (κ1) is 8.04. The maximum atomic E-state index is 10.8. The summed E-state index contributed by atoms with van der Waals surface area (Å²) in [5, 5.41) is 11.3. The van der Waals surface area contributed by atoms with E-state index in [-0.39, 0.29) is 18.4 Å². The van der Waals surface area contributed by atoms with Crippen LogP contribution in [0.2, 0.25) is 0 Å². The zero-order valence-corrected chi connectivity index (χ0v) is 6.33. The molecule has 0 radical (unpaired) electrons. The monoisotopic (exact) mass is 157 g/mol. The zero-order valence-electron chi connectivity index (χ0n) is 6.33. The first-order valence-electron chi connectivity index (χ1n) is 3.61. The average Bonchev–Trinajstić information content (AvgIpc) is 1.85. The molecule has 4 nitrogen and oxygen atoms in total. The van der Waals surface area contributed by atoms with Crippen LogP contribution in [-0.2, 0) is 9.59 Å². The molecule has 1 aliphatic rings. The Hall–Kier alpha value is -1.06. The second-order valence-electron chi connectivity index (χ2n) is 2.94. The molecule has 1 saturated heterocycles. The zero-order chi connectivity index (χ0) is 8.43. The van der Waals surface area contributed by atoms with Crippen LogP contribution >= 0.6 is 0 Å². The molecule has 4 heteroatoms. The van der Waals surface area contributed by atoms with Gasteiger partial charge in [-0.1, -0.05) is 0 Å². The number of hydrogen-bond donors (Lipinski definition) is 2. The van der Waals surface area contributed by atoms with E-state index in [2.05, 4.69) is 5.32 Å².